The van der Waals surface area contributed by atoms with Gasteiger partial charge in [0.05, 0.1) is 0 Å². The maximum Gasteiger partial charge on any atom is 0.273 e. The fraction of sp³-hybridized carbons (Fsp3) is 0.353. The first kappa shape index (κ1) is 18.2. The number of hydrogen-bond acceptors (Lipinski definition) is 7. The van der Waals surface area contributed by atoms with E-state index in [1.165, 1.54) is 16.2 Å². The number of rotatable bonds is 6. The first-order chi connectivity index (χ1) is 12.6. The van der Waals surface area contributed by atoms with Gasteiger partial charge in [-0.15, -0.1) is 11.3 Å². The molecule has 1 aliphatic heterocycles. The van der Waals surface area contributed by atoms with Crippen LogP contribution < -0.4 is 20.5 Å². The molecule has 0 unspecified atom stereocenters. The summed E-state index contributed by atoms with van der Waals surface area (Å²) in [7, 11) is 0. The third-order valence-electron chi connectivity index (χ3n) is 3.77. The number of nitrogens with zero attached hydrogens (tertiary/aromatic N) is 2. The van der Waals surface area contributed by atoms with Gasteiger partial charge in [-0.3, -0.25) is 9.59 Å². The van der Waals surface area contributed by atoms with Crippen molar-refractivity contribution in [2.75, 3.05) is 31.6 Å². The Morgan fingerprint density at radius 1 is 1.31 bits per heavy atom. The van der Waals surface area contributed by atoms with Crippen molar-refractivity contribution in [3.05, 3.63) is 34.3 Å². The number of anilines is 1. The van der Waals surface area contributed by atoms with Crippen LogP contribution in [0.25, 0.3) is 0 Å². The van der Waals surface area contributed by atoms with Gasteiger partial charge in [0.25, 0.3) is 5.91 Å². The van der Waals surface area contributed by atoms with Gasteiger partial charge in [-0.1, -0.05) is 0 Å². The van der Waals surface area contributed by atoms with Gasteiger partial charge in [0, 0.05) is 30.2 Å². The quantitative estimate of drug-likeness (QED) is 0.791. The fourth-order valence-electron chi connectivity index (χ4n) is 2.49. The molecule has 0 aliphatic carbocycles. The van der Waals surface area contributed by atoms with E-state index >= 15 is 0 Å². The summed E-state index contributed by atoms with van der Waals surface area (Å²) < 4.78 is 11.0. The Hall–Kier alpha value is -2.65. The average Bonchev–Trinajstić information content (AvgIpc) is 3.14. The Balaban J connectivity index is 1.63. The zero-order valence-electron chi connectivity index (χ0n) is 14.4. The number of thiazole rings is 1. The van der Waals surface area contributed by atoms with E-state index in [9.17, 15) is 9.59 Å². The normalized spacial score (nSPS) is 12.5. The summed E-state index contributed by atoms with van der Waals surface area (Å²) >= 11 is 1.33. The first-order valence-corrected chi connectivity index (χ1v) is 9.12. The number of carbonyl (C=O) groups excluding carboxylic acids is 2. The molecule has 2 heterocycles. The van der Waals surface area contributed by atoms with Gasteiger partial charge >= 0.3 is 0 Å². The minimum atomic E-state index is -0.300. The molecule has 3 N–H and O–H groups in total. The highest BCUT2D eigenvalue weighted by Gasteiger charge is 2.20. The van der Waals surface area contributed by atoms with Gasteiger partial charge in [0.1, 0.15) is 30.5 Å². The standard InChI is InChI=1S/C17H20N4O4S/c1-2-21(17(23)12-10-26-16(8-18)20-12)9-15(22)19-11-3-4-13-14(7-11)25-6-5-24-13/h3-4,7,10H,2,5-6,8-9,18H2,1H3,(H,19,22). The lowest BCUT2D eigenvalue weighted by molar-refractivity contribution is -0.116. The van der Waals surface area contributed by atoms with Crippen LogP contribution in [0.4, 0.5) is 5.69 Å². The van der Waals surface area contributed by atoms with Crippen molar-refractivity contribution in [1.82, 2.24) is 9.88 Å². The molecule has 0 atom stereocenters. The molecule has 1 aromatic heterocycles. The van der Waals surface area contributed by atoms with Crippen molar-refractivity contribution in [3.63, 3.8) is 0 Å². The zero-order valence-corrected chi connectivity index (χ0v) is 15.2. The predicted molar refractivity (Wildman–Crippen MR) is 97.6 cm³/mol. The van der Waals surface area contributed by atoms with Gasteiger partial charge < -0.3 is 25.4 Å². The van der Waals surface area contributed by atoms with E-state index in [4.69, 9.17) is 15.2 Å². The molecule has 9 heteroatoms. The van der Waals surface area contributed by atoms with Crippen LogP contribution in [0.15, 0.2) is 23.6 Å². The van der Waals surface area contributed by atoms with Crippen molar-refractivity contribution in [1.29, 1.82) is 0 Å². The van der Waals surface area contributed by atoms with Crippen molar-refractivity contribution < 1.29 is 19.1 Å². The number of aromatic nitrogens is 1. The molecule has 0 saturated carbocycles. The van der Waals surface area contributed by atoms with Crippen LogP contribution in [0.2, 0.25) is 0 Å². The van der Waals surface area contributed by atoms with Crippen LogP contribution in [-0.2, 0) is 11.3 Å². The van der Waals surface area contributed by atoms with Crippen LogP contribution in [-0.4, -0.2) is 48.0 Å². The molecule has 26 heavy (non-hydrogen) atoms. The highest BCUT2D eigenvalue weighted by atomic mass is 32.1. The summed E-state index contributed by atoms with van der Waals surface area (Å²) in [6.07, 6.45) is 0. The number of carbonyl (C=O) groups is 2. The fourth-order valence-corrected chi connectivity index (χ4v) is 3.14. The van der Waals surface area contributed by atoms with Crippen LogP contribution in [0.5, 0.6) is 11.5 Å². The second kappa shape index (κ2) is 8.15. The SMILES string of the molecule is CCN(CC(=O)Nc1ccc2c(c1)OCCO2)C(=O)c1csc(CN)n1. The third kappa shape index (κ3) is 4.12. The first-order valence-electron chi connectivity index (χ1n) is 8.24. The van der Waals surface area contributed by atoms with E-state index in [1.54, 1.807) is 23.6 Å². The Morgan fingerprint density at radius 3 is 2.77 bits per heavy atom. The Kier molecular flexibility index (Phi) is 5.69. The van der Waals surface area contributed by atoms with Gasteiger partial charge in [0.15, 0.2) is 11.5 Å². The molecule has 8 nitrogen and oxygen atoms in total. The second-order valence-electron chi connectivity index (χ2n) is 5.56. The molecular formula is C17H20N4O4S. The third-order valence-corrected chi connectivity index (χ3v) is 4.65. The minimum Gasteiger partial charge on any atom is -0.486 e. The summed E-state index contributed by atoms with van der Waals surface area (Å²) in [5.41, 5.74) is 6.42. The van der Waals surface area contributed by atoms with Crippen LogP contribution in [0.1, 0.15) is 22.4 Å². The average molecular weight is 376 g/mol. The number of hydrogen-bond donors (Lipinski definition) is 2. The zero-order chi connectivity index (χ0) is 18.5. The monoisotopic (exact) mass is 376 g/mol. The molecule has 138 valence electrons. The number of ether oxygens (including phenoxy) is 2. The molecule has 0 bridgehead atoms. The number of amides is 2. The van der Waals surface area contributed by atoms with Crippen LogP contribution in [0.3, 0.4) is 0 Å². The van der Waals surface area contributed by atoms with Crippen molar-refractivity contribution >= 4 is 28.8 Å². The second-order valence-corrected chi connectivity index (χ2v) is 6.50. The van der Waals surface area contributed by atoms with E-state index in [1.807, 2.05) is 6.92 Å². The molecule has 0 fully saturated rings. The van der Waals surface area contributed by atoms with E-state index in [2.05, 4.69) is 10.3 Å². The molecular weight excluding hydrogens is 356 g/mol. The van der Waals surface area contributed by atoms with E-state index in [-0.39, 0.29) is 24.9 Å². The van der Waals surface area contributed by atoms with Gasteiger partial charge in [-0.05, 0) is 19.1 Å². The summed E-state index contributed by atoms with van der Waals surface area (Å²) in [5, 5.41) is 5.12. The van der Waals surface area contributed by atoms with Crippen molar-refractivity contribution in [2.45, 2.75) is 13.5 Å². The molecule has 1 aromatic carbocycles. The molecule has 0 radical (unpaired) electrons. The van der Waals surface area contributed by atoms with E-state index in [0.29, 0.717) is 47.6 Å². The van der Waals surface area contributed by atoms with Gasteiger partial charge in [-0.2, -0.15) is 0 Å². The maximum absolute atomic E-state index is 12.5. The summed E-state index contributed by atoms with van der Waals surface area (Å²) in [6.45, 7) is 3.40. The lowest BCUT2D eigenvalue weighted by atomic mass is 10.2. The Bertz CT molecular complexity index is 808. The molecule has 1 aliphatic rings. The molecule has 0 spiro atoms. The molecule has 3 rings (SSSR count). The minimum absolute atomic E-state index is 0.0702. The molecule has 0 saturated heterocycles. The van der Waals surface area contributed by atoms with Gasteiger partial charge in [-0.25, -0.2) is 4.98 Å². The number of nitrogens with one attached hydrogen (secondary N) is 1. The number of fused-ring (bicyclic) bond motifs is 1. The number of nitrogens with two attached hydrogens (primary N) is 1. The topological polar surface area (TPSA) is 107 Å². The smallest absolute Gasteiger partial charge is 0.273 e. The highest BCUT2D eigenvalue weighted by Crippen LogP contribution is 2.32. The largest absolute Gasteiger partial charge is 0.486 e. The number of likely N-dealkylation sites (N-methyl/N-ethyl adjacent to an activating group) is 1. The molecule has 2 aromatic rings. The van der Waals surface area contributed by atoms with Crippen LogP contribution >= 0.6 is 11.3 Å². The van der Waals surface area contributed by atoms with E-state index in [0.717, 1.165) is 0 Å². The van der Waals surface area contributed by atoms with Crippen molar-refractivity contribution in [2.24, 2.45) is 5.73 Å². The number of benzene rings is 1. The predicted octanol–water partition coefficient (Wildman–Crippen LogP) is 1.47. The summed E-state index contributed by atoms with van der Waals surface area (Å²) in [5.74, 6) is 0.653. The summed E-state index contributed by atoms with van der Waals surface area (Å²) in [4.78, 5) is 30.4. The summed E-state index contributed by atoms with van der Waals surface area (Å²) in [6, 6.07) is 5.19. The maximum atomic E-state index is 12.5. The molecule has 2 amide bonds. The van der Waals surface area contributed by atoms with Gasteiger partial charge in [0.2, 0.25) is 5.91 Å². The van der Waals surface area contributed by atoms with Crippen LogP contribution in [0, 0.1) is 0 Å². The lowest BCUT2D eigenvalue weighted by Crippen LogP contribution is -2.38. The highest BCUT2D eigenvalue weighted by molar-refractivity contribution is 7.09. The Morgan fingerprint density at radius 2 is 2.08 bits per heavy atom. The lowest BCUT2D eigenvalue weighted by Gasteiger charge is -2.21. The van der Waals surface area contributed by atoms with E-state index < -0.39 is 0 Å². The van der Waals surface area contributed by atoms with Crippen molar-refractivity contribution in [3.8, 4) is 11.5 Å². The Labute approximate surface area is 154 Å².